The molecule has 0 bridgehead atoms. The average molecular weight is 483 g/mol. The zero-order chi connectivity index (χ0) is 25.2. The maximum absolute atomic E-state index is 13.0. The van der Waals surface area contributed by atoms with Crippen LogP contribution in [0.3, 0.4) is 0 Å². The van der Waals surface area contributed by atoms with Crippen molar-refractivity contribution >= 4 is 29.3 Å². The quantitative estimate of drug-likeness (QED) is 0.720. The molecule has 2 saturated heterocycles. The molecule has 0 unspecified atom stereocenters. The van der Waals surface area contributed by atoms with Crippen LogP contribution in [0.2, 0.25) is 0 Å². The van der Waals surface area contributed by atoms with E-state index in [1.165, 1.54) is 24.3 Å². The second kappa shape index (κ2) is 9.93. The van der Waals surface area contributed by atoms with E-state index in [9.17, 15) is 18.8 Å². The topological polar surface area (TPSA) is 82.2 Å². The fraction of sp³-hybridized carbons (Fsp3) is 0.423. The first kappa shape index (κ1) is 24.5. The van der Waals surface area contributed by atoms with Crippen LogP contribution < -0.4 is 10.2 Å². The molecular weight excluding hydrogens is 451 g/mol. The van der Waals surface area contributed by atoms with E-state index in [4.69, 9.17) is 4.74 Å². The van der Waals surface area contributed by atoms with Crippen molar-refractivity contribution in [1.82, 2.24) is 9.80 Å². The highest BCUT2D eigenvalue weighted by atomic mass is 19.1. The Morgan fingerprint density at radius 3 is 2.06 bits per heavy atom. The standard InChI is InChI=1S/C26H31FN4O4/c1-26(2,3)35-25(34)30-14-12-29(13-15-30)22-10-4-18(5-11-22)24(33)31-16-19(17-31)23(32)28-21-8-6-20(27)7-9-21/h4-11,19H,12-17H2,1-3H3,(H,28,32). The Balaban J connectivity index is 1.24. The zero-order valence-corrected chi connectivity index (χ0v) is 20.3. The van der Waals surface area contributed by atoms with Crippen LogP contribution in [0, 0.1) is 11.7 Å². The number of ether oxygens (including phenoxy) is 1. The van der Waals surface area contributed by atoms with E-state index in [0.29, 0.717) is 50.5 Å². The number of halogens is 1. The Bertz CT molecular complexity index is 1070. The first-order valence-corrected chi connectivity index (χ1v) is 11.8. The summed E-state index contributed by atoms with van der Waals surface area (Å²) in [7, 11) is 0. The minimum atomic E-state index is -0.514. The van der Waals surface area contributed by atoms with Crippen molar-refractivity contribution in [3.05, 3.63) is 59.9 Å². The SMILES string of the molecule is CC(C)(C)OC(=O)N1CCN(c2ccc(C(=O)N3CC(C(=O)Nc4ccc(F)cc4)C3)cc2)CC1. The minimum absolute atomic E-state index is 0.114. The molecule has 8 nitrogen and oxygen atoms in total. The number of hydrogen-bond donors (Lipinski definition) is 1. The number of piperazine rings is 1. The predicted molar refractivity (Wildman–Crippen MR) is 131 cm³/mol. The van der Waals surface area contributed by atoms with Crippen LogP contribution in [-0.2, 0) is 9.53 Å². The highest BCUT2D eigenvalue weighted by Crippen LogP contribution is 2.23. The Morgan fingerprint density at radius 2 is 1.49 bits per heavy atom. The third-order valence-corrected chi connectivity index (χ3v) is 6.06. The van der Waals surface area contributed by atoms with Gasteiger partial charge in [0.2, 0.25) is 5.91 Å². The lowest BCUT2D eigenvalue weighted by molar-refractivity contribution is -0.123. The van der Waals surface area contributed by atoms with Gasteiger partial charge in [-0.1, -0.05) is 0 Å². The smallest absolute Gasteiger partial charge is 0.410 e. The number of anilines is 2. The van der Waals surface area contributed by atoms with E-state index in [1.807, 2.05) is 32.9 Å². The van der Waals surface area contributed by atoms with E-state index in [0.717, 1.165) is 5.69 Å². The molecule has 0 atom stereocenters. The molecule has 2 aliphatic rings. The number of nitrogens with one attached hydrogen (secondary N) is 1. The molecule has 9 heteroatoms. The van der Waals surface area contributed by atoms with Crippen molar-refractivity contribution in [2.24, 2.45) is 5.92 Å². The number of carbonyl (C=O) groups excluding carboxylic acids is 3. The molecule has 2 aliphatic heterocycles. The molecule has 4 rings (SSSR count). The van der Waals surface area contributed by atoms with Crippen molar-refractivity contribution < 1.29 is 23.5 Å². The maximum Gasteiger partial charge on any atom is 0.410 e. The molecule has 186 valence electrons. The van der Waals surface area contributed by atoms with Crippen LogP contribution in [0.25, 0.3) is 0 Å². The second-order valence-corrected chi connectivity index (χ2v) is 9.90. The van der Waals surface area contributed by atoms with Crippen molar-refractivity contribution in [2.75, 3.05) is 49.5 Å². The number of benzene rings is 2. The van der Waals surface area contributed by atoms with Crippen molar-refractivity contribution in [3.8, 4) is 0 Å². The maximum atomic E-state index is 13.0. The van der Waals surface area contributed by atoms with Crippen LogP contribution in [-0.4, -0.2) is 72.6 Å². The lowest BCUT2D eigenvalue weighted by Crippen LogP contribution is -2.54. The number of likely N-dealkylation sites (tertiary alicyclic amines) is 1. The molecule has 2 heterocycles. The fourth-order valence-corrected chi connectivity index (χ4v) is 4.06. The van der Waals surface area contributed by atoms with E-state index < -0.39 is 5.60 Å². The molecule has 0 aromatic heterocycles. The van der Waals surface area contributed by atoms with Crippen LogP contribution in [0.1, 0.15) is 31.1 Å². The van der Waals surface area contributed by atoms with Gasteiger partial charge in [-0.3, -0.25) is 9.59 Å². The van der Waals surface area contributed by atoms with Gasteiger partial charge < -0.3 is 24.8 Å². The normalized spacial score (nSPS) is 16.5. The van der Waals surface area contributed by atoms with Gasteiger partial charge in [0.1, 0.15) is 11.4 Å². The molecule has 0 spiro atoms. The van der Waals surface area contributed by atoms with E-state index in [1.54, 1.807) is 21.9 Å². The largest absolute Gasteiger partial charge is 0.444 e. The van der Waals surface area contributed by atoms with E-state index >= 15 is 0 Å². The van der Waals surface area contributed by atoms with Gasteiger partial charge in [-0.05, 0) is 69.3 Å². The highest BCUT2D eigenvalue weighted by Gasteiger charge is 2.36. The number of rotatable bonds is 4. The summed E-state index contributed by atoms with van der Waals surface area (Å²) in [5.41, 5.74) is 1.58. The lowest BCUT2D eigenvalue weighted by atomic mass is 9.97. The van der Waals surface area contributed by atoms with Crippen LogP contribution in [0.5, 0.6) is 0 Å². The average Bonchev–Trinajstić information content (AvgIpc) is 2.78. The summed E-state index contributed by atoms with van der Waals surface area (Å²) >= 11 is 0. The summed E-state index contributed by atoms with van der Waals surface area (Å²) in [5.74, 6) is -0.944. The number of carbonyl (C=O) groups is 3. The van der Waals surface area contributed by atoms with Gasteiger partial charge in [-0.15, -0.1) is 0 Å². The number of hydrogen-bond acceptors (Lipinski definition) is 5. The third kappa shape index (κ3) is 6.09. The summed E-state index contributed by atoms with van der Waals surface area (Å²) in [6.07, 6.45) is -0.294. The highest BCUT2D eigenvalue weighted by molar-refractivity contribution is 5.98. The van der Waals surface area contributed by atoms with Gasteiger partial charge in [0.15, 0.2) is 0 Å². The Morgan fingerprint density at radius 1 is 0.886 bits per heavy atom. The van der Waals surface area contributed by atoms with Gasteiger partial charge >= 0.3 is 6.09 Å². The molecule has 0 radical (unpaired) electrons. The molecule has 0 aliphatic carbocycles. The van der Waals surface area contributed by atoms with Crippen LogP contribution >= 0.6 is 0 Å². The number of nitrogens with zero attached hydrogens (tertiary/aromatic N) is 3. The van der Waals surface area contributed by atoms with Gasteiger partial charge in [0, 0.05) is 56.2 Å². The molecule has 2 fully saturated rings. The first-order valence-electron chi connectivity index (χ1n) is 11.8. The van der Waals surface area contributed by atoms with Gasteiger partial charge in [-0.25, -0.2) is 9.18 Å². The molecule has 2 aromatic carbocycles. The van der Waals surface area contributed by atoms with Crippen molar-refractivity contribution in [1.29, 1.82) is 0 Å². The summed E-state index contributed by atoms with van der Waals surface area (Å²) in [5, 5.41) is 2.75. The Hall–Kier alpha value is -3.62. The summed E-state index contributed by atoms with van der Waals surface area (Å²) < 4.78 is 18.5. The van der Waals surface area contributed by atoms with Crippen LogP contribution in [0.4, 0.5) is 20.6 Å². The van der Waals surface area contributed by atoms with Crippen molar-refractivity contribution in [3.63, 3.8) is 0 Å². The molecule has 2 aromatic rings. The summed E-state index contributed by atoms with van der Waals surface area (Å²) in [6, 6.07) is 13.0. The van der Waals surface area contributed by atoms with Crippen LogP contribution in [0.15, 0.2) is 48.5 Å². The summed E-state index contributed by atoms with van der Waals surface area (Å²) in [4.78, 5) is 42.9. The molecule has 3 amide bonds. The molecular formula is C26H31FN4O4. The molecule has 0 saturated carbocycles. The molecule has 35 heavy (non-hydrogen) atoms. The second-order valence-electron chi connectivity index (χ2n) is 9.90. The summed E-state index contributed by atoms with van der Waals surface area (Å²) in [6.45, 7) is 8.77. The predicted octanol–water partition coefficient (Wildman–Crippen LogP) is 3.59. The Kier molecular flexibility index (Phi) is 6.95. The van der Waals surface area contributed by atoms with E-state index in [2.05, 4.69) is 10.2 Å². The third-order valence-electron chi connectivity index (χ3n) is 6.06. The van der Waals surface area contributed by atoms with Gasteiger partial charge in [0.05, 0.1) is 5.92 Å². The minimum Gasteiger partial charge on any atom is -0.444 e. The zero-order valence-electron chi connectivity index (χ0n) is 20.3. The first-order chi connectivity index (χ1) is 16.6. The monoisotopic (exact) mass is 482 g/mol. The fourth-order valence-electron chi connectivity index (χ4n) is 4.06. The lowest BCUT2D eigenvalue weighted by Gasteiger charge is -2.38. The van der Waals surface area contributed by atoms with E-state index in [-0.39, 0.29) is 29.6 Å². The number of amides is 3. The Labute approximate surface area is 204 Å². The van der Waals surface area contributed by atoms with Crippen molar-refractivity contribution in [2.45, 2.75) is 26.4 Å². The molecule has 1 N–H and O–H groups in total. The van der Waals surface area contributed by atoms with Gasteiger partial charge in [0.25, 0.3) is 5.91 Å². The van der Waals surface area contributed by atoms with Gasteiger partial charge in [-0.2, -0.15) is 0 Å².